The van der Waals surface area contributed by atoms with Gasteiger partial charge in [-0.05, 0) is 67.2 Å². The fourth-order valence-electron chi connectivity index (χ4n) is 4.11. The minimum absolute atomic E-state index is 0.391. The monoisotopic (exact) mass is 257 g/mol. The smallest absolute Gasteiger partial charge is 0.0903 e. The lowest BCUT2D eigenvalue weighted by Gasteiger charge is -2.26. The van der Waals surface area contributed by atoms with Crippen molar-refractivity contribution < 1.29 is 5.11 Å². The van der Waals surface area contributed by atoms with Crippen LogP contribution in [0.1, 0.15) is 43.7 Å². The summed E-state index contributed by atoms with van der Waals surface area (Å²) in [6.07, 6.45) is 4.46. The van der Waals surface area contributed by atoms with Crippen LogP contribution in [-0.4, -0.2) is 18.2 Å². The number of aliphatic hydroxyl groups is 1. The van der Waals surface area contributed by atoms with E-state index in [-0.39, 0.29) is 0 Å². The molecule has 2 nitrogen and oxygen atoms in total. The molecule has 1 unspecified atom stereocenters. The van der Waals surface area contributed by atoms with Crippen molar-refractivity contribution in [2.45, 2.75) is 43.6 Å². The van der Waals surface area contributed by atoms with Crippen LogP contribution in [0.4, 0.5) is 0 Å². The molecule has 2 heteroatoms. The number of benzene rings is 1. The summed E-state index contributed by atoms with van der Waals surface area (Å²) in [4.78, 5) is 0. The van der Waals surface area contributed by atoms with Gasteiger partial charge in [0.05, 0.1) is 5.60 Å². The van der Waals surface area contributed by atoms with E-state index in [2.05, 4.69) is 36.5 Å². The molecule has 1 saturated heterocycles. The van der Waals surface area contributed by atoms with Gasteiger partial charge in [-0.2, -0.15) is 0 Å². The Labute approximate surface area is 115 Å². The maximum Gasteiger partial charge on any atom is 0.0903 e. The third-order valence-corrected chi connectivity index (χ3v) is 5.78. The molecule has 0 spiro atoms. The van der Waals surface area contributed by atoms with Gasteiger partial charge in [0, 0.05) is 0 Å². The van der Waals surface area contributed by atoms with Gasteiger partial charge in [0.25, 0.3) is 0 Å². The van der Waals surface area contributed by atoms with E-state index >= 15 is 0 Å². The Bertz CT molecular complexity index is 494. The highest BCUT2D eigenvalue weighted by Gasteiger charge is 2.47. The maximum absolute atomic E-state index is 11.1. The first-order valence-electron chi connectivity index (χ1n) is 7.63. The zero-order chi connectivity index (χ0) is 13.1. The molecule has 3 aliphatic rings. The van der Waals surface area contributed by atoms with Gasteiger partial charge in [-0.3, -0.25) is 0 Å². The predicted octanol–water partition coefficient (Wildman–Crippen LogP) is 2.56. The second-order valence-corrected chi connectivity index (χ2v) is 7.26. The van der Waals surface area contributed by atoms with Crippen molar-refractivity contribution in [2.75, 3.05) is 13.1 Å². The SMILES string of the molecule is CC1(c2cccc(C3(O)C[C@H]4CNC[C@H]4C3)c2)CC1. The Kier molecular flexibility index (Phi) is 2.40. The lowest BCUT2D eigenvalue weighted by atomic mass is 9.87. The molecule has 2 saturated carbocycles. The van der Waals surface area contributed by atoms with Crippen LogP contribution >= 0.6 is 0 Å². The molecule has 0 bridgehead atoms. The largest absolute Gasteiger partial charge is 0.385 e. The van der Waals surface area contributed by atoms with Crippen LogP contribution in [0.2, 0.25) is 0 Å². The molecule has 2 N–H and O–H groups in total. The third-order valence-electron chi connectivity index (χ3n) is 5.78. The van der Waals surface area contributed by atoms with Crippen LogP contribution in [0.3, 0.4) is 0 Å². The van der Waals surface area contributed by atoms with E-state index in [1.54, 1.807) is 0 Å². The summed E-state index contributed by atoms with van der Waals surface area (Å²) in [5.74, 6) is 1.34. The lowest BCUT2D eigenvalue weighted by Crippen LogP contribution is -2.26. The Hall–Kier alpha value is -0.860. The third kappa shape index (κ3) is 1.85. The average Bonchev–Trinajstić information content (AvgIpc) is 2.87. The van der Waals surface area contributed by atoms with E-state index in [4.69, 9.17) is 0 Å². The van der Waals surface area contributed by atoms with E-state index in [9.17, 15) is 5.11 Å². The molecule has 19 heavy (non-hydrogen) atoms. The van der Waals surface area contributed by atoms with Gasteiger partial charge in [0.1, 0.15) is 0 Å². The minimum atomic E-state index is -0.571. The maximum atomic E-state index is 11.1. The molecule has 3 atom stereocenters. The molecular formula is C17H23NO. The van der Waals surface area contributed by atoms with E-state index < -0.39 is 5.60 Å². The standard InChI is InChI=1S/C17H23NO/c1-16(5-6-16)14-3-2-4-15(7-14)17(19)8-12-10-18-11-13(12)9-17/h2-4,7,12-13,18-19H,5-6,8-11H2,1H3/t12-,13+,17?. The molecule has 1 aromatic rings. The Morgan fingerprint density at radius 2 is 1.74 bits per heavy atom. The first-order valence-corrected chi connectivity index (χ1v) is 7.63. The van der Waals surface area contributed by atoms with Crippen molar-refractivity contribution in [1.29, 1.82) is 0 Å². The molecule has 2 aliphatic carbocycles. The second kappa shape index (κ2) is 3.83. The minimum Gasteiger partial charge on any atom is -0.385 e. The summed E-state index contributed by atoms with van der Waals surface area (Å²) in [5.41, 5.74) is 2.40. The first-order chi connectivity index (χ1) is 9.09. The van der Waals surface area contributed by atoms with Crippen LogP contribution in [0.15, 0.2) is 24.3 Å². The van der Waals surface area contributed by atoms with Crippen LogP contribution in [0, 0.1) is 11.8 Å². The Morgan fingerprint density at radius 1 is 1.11 bits per heavy atom. The van der Waals surface area contributed by atoms with Gasteiger partial charge in [0.15, 0.2) is 0 Å². The average molecular weight is 257 g/mol. The van der Waals surface area contributed by atoms with Gasteiger partial charge >= 0.3 is 0 Å². The van der Waals surface area contributed by atoms with Gasteiger partial charge < -0.3 is 10.4 Å². The Balaban J connectivity index is 1.65. The molecule has 1 aliphatic heterocycles. The summed E-state index contributed by atoms with van der Waals surface area (Å²) in [7, 11) is 0. The van der Waals surface area contributed by atoms with Gasteiger partial charge in [-0.15, -0.1) is 0 Å². The quantitative estimate of drug-likeness (QED) is 0.853. The first kappa shape index (κ1) is 11.9. The van der Waals surface area contributed by atoms with Crippen molar-refractivity contribution in [3.05, 3.63) is 35.4 Å². The van der Waals surface area contributed by atoms with Crippen LogP contribution < -0.4 is 5.32 Å². The van der Waals surface area contributed by atoms with Crippen LogP contribution in [0.5, 0.6) is 0 Å². The molecule has 1 aromatic carbocycles. The molecule has 3 fully saturated rings. The number of fused-ring (bicyclic) bond motifs is 1. The molecule has 1 heterocycles. The van der Waals surface area contributed by atoms with Crippen molar-refractivity contribution >= 4 is 0 Å². The number of hydrogen-bond acceptors (Lipinski definition) is 2. The highest BCUT2D eigenvalue weighted by molar-refractivity contribution is 5.36. The predicted molar refractivity (Wildman–Crippen MR) is 76.0 cm³/mol. The van der Waals surface area contributed by atoms with Gasteiger partial charge in [0.2, 0.25) is 0 Å². The zero-order valence-corrected chi connectivity index (χ0v) is 11.7. The van der Waals surface area contributed by atoms with Crippen molar-refractivity contribution in [2.24, 2.45) is 11.8 Å². The van der Waals surface area contributed by atoms with Gasteiger partial charge in [-0.25, -0.2) is 0 Å². The van der Waals surface area contributed by atoms with Crippen molar-refractivity contribution in [1.82, 2.24) is 5.32 Å². The molecule has 0 radical (unpaired) electrons. The highest BCUT2D eigenvalue weighted by atomic mass is 16.3. The summed E-state index contributed by atoms with van der Waals surface area (Å²) in [6.45, 7) is 4.51. The van der Waals surface area contributed by atoms with Gasteiger partial charge in [-0.1, -0.05) is 31.2 Å². The fourth-order valence-corrected chi connectivity index (χ4v) is 4.11. The second-order valence-electron chi connectivity index (χ2n) is 7.26. The van der Waals surface area contributed by atoms with E-state index in [0.717, 1.165) is 31.5 Å². The topological polar surface area (TPSA) is 32.3 Å². The summed E-state index contributed by atoms with van der Waals surface area (Å²) >= 11 is 0. The summed E-state index contributed by atoms with van der Waals surface area (Å²) < 4.78 is 0. The molecule has 0 aromatic heterocycles. The van der Waals surface area contributed by atoms with E-state index in [1.165, 1.54) is 18.4 Å². The number of rotatable bonds is 2. The van der Waals surface area contributed by atoms with Crippen molar-refractivity contribution in [3.63, 3.8) is 0 Å². The fraction of sp³-hybridized carbons (Fsp3) is 0.647. The summed E-state index contributed by atoms with van der Waals surface area (Å²) in [6, 6.07) is 8.78. The normalized spacial score (nSPS) is 39.3. The molecule has 102 valence electrons. The van der Waals surface area contributed by atoms with E-state index in [0.29, 0.717) is 17.3 Å². The number of nitrogens with one attached hydrogen (secondary N) is 1. The molecule has 4 rings (SSSR count). The van der Waals surface area contributed by atoms with E-state index in [1.807, 2.05) is 0 Å². The highest BCUT2D eigenvalue weighted by Crippen LogP contribution is 2.50. The summed E-state index contributed by atoms with van der Waals surface area (Å²) in [5, 5.41) is 14.5. The lowest BCUT2D eigenvalue weighted by molar-refractivity contribution is 0.0358. The van der Waals surface area contributed by atoms with Crippen LogP contribution in [0.25, 0.3) is 0 Å². The van der Waals surface area contributed by atoms with Crippen LogP contribution in [-0.2, 0) is 11.0 Å². The number of hydrogen-bond donors (Lipinski definition) is 2. The molecule has 0 amide bonds. The molecular weight excluding hydrogens is 234 g/mol. The Morgan fingerprint density at radius 3 is 2.37 bits per heavy atom. The van der Waals surface area contributed by atoms with Crippen molar-refractivity contribution in [3.8, 4) is 0 Å². The zero-order valence-electron chi connectivity index (χ0n) is 11.7.